The van der Waals surface area contributed by atoms with Gasteiger partial charge in [0.2, 0.25) is 0 Å². The van der Waals surface area contributed by atoms with E-state index in [0.29, 0.717) is 12.8 Å². The van der Waals surface area contributed by atoms with E-state index in [1.807, 2.05) is 0 Å². The molecular weight excluding hydrogens is 289 g/mol. The first-order valence-electron chi connectivity index (χ1n) is 7.17. The second-order valence-electron chi connectivity index (χ2n) is 6.56. The molecule has 1 aromatic carbocycles. The van der Waals surface area contributed by atoms with E-state index in [-0.39, 0.29) is 11.3 Å². The molecule has 0 saturated heterocycles. The van der Waals surface area contributed by atoms with Crippen molar-refractivity contribution in [1.29, 1.82) is 0 Å². The van der Waals surface area contributed by atoms with Crippen molar-refractivity contribution in [3.63, 3.8) is 0 Å². The number of nitrogens with one attached hydrogen (secondary N) is 1. The lowest BCUT2D eigenvalue weighted by Gasteiger charge is -2.39. The molecule has 1 aliphatic carbocycles. The summed E-state index contributed by atoms with van der Waals surface area (Å²) >= 11 is 0. The summed E-state index contributed by atoms with van der Waals surface area (Å²) in [7, 11) is 0. The summed E-state index contributed by atoms with van der Waals surface area (Å²) in [5, 5.41) is 12.0. The van der Waals surface area contributed by atoms with Gasteiger partial charge in [0.15, 0.2) is 0 Å². The Morgan fingerprint density at radius 2 is 1.95 bits per heavy atom. The molecule has 1 amide bonds. The van der Waals surface area contributed by atoms with Crippen molar-refractivity contribution in [2.24, 2.45) is 0 Å². The van der Waals surface area contributed by atoms with E-state index in [0.717, 1.165) is 6.42 Å². The van der Waals surface area contributed by atoms with E-state index in [9.17, 15) is 19.1 Å². The van der Waals surface area contributed by atoms with E-state index in [1.54, 1.807) is 20.8 Å². The number of rotatable bonds is 3. The molecule has 0 atom stereocenters. The number of benzene rings is 1. The van der Waals surface area contributed by atoms with Crippen molar-refractivity contribution < 1.29 is 23.8 Å². The zero-order valence-corrected chi connectivity index (χ0v) is 12.9. The highest BCUT2D eigenvalue weighted by atomic mass is 19.1. The molecule has 0 unspecified atom stereocenters. The molecule has 5 nitrogen and oxygen atoms in total. The van der Waals surface area contributed by atoms with Gasteiger partial charge in [-0.2, -0.15) is 0 Å². The fourth-order valence-corrected chi connectivity index (χ4v) is 2.56. The minimum atomic E-state index is -1.13. The van der Waals surface area contributed by atoms with Crippen molar-refractivity contribution in [2.45, 2.75) is 51.0 Å². The quantitative estimate of drug-likeness (QED) is 0.893. The predicted molar refractivity (Wildman–Crippen MR) is 79.4 cm³/mol. The largest absolute Gasteiger partial charge is 0.481 e. The average Bonchev–Trinajstić information content (AvgIpc) is 2.28. The second-order valence-corrected chi connectivity index (χ2v) is 6.56. The Morgan fingerprint density at radius 1 is 1.32 bits per heavy atom. The average molecular weight is 309 g/mol. The Labute approximate surface area is 128 Å². The van der Waals surface area contributed by atoms with Crippen LogP contribution >= 0.6 is 0 Å². The van der Waals surface area contributed by atoms with Gasteiger partial charge in [-0.25, -0.2) is 9.18 Å². The van der Waals surface area contributed by atoms with Crippen molar-refractivity contribution >= 4 is 17.7 Å². The number of aliphatic carboxylic acids is 1. The molecule has 2 N–H and O–H groups in total. The van der Waals surface area contributed by atoms with Crippen LogP contribution in [-0.4, -0.2) is 22.8 Å². The highest BCUT2D eigenvalue weighted by Gasteiger charge is 2.47. The zero-order valence-electron chi connectivity index (χ0n) is 12.9. The third kappa shape index (κ3) is 3.21. The van der Waals surface area contributed by atoms with Crippen molar-refractivity contribution in [3.8, 4) is 0 Å². The van der Waals surface area contributed by atoms with Crippen LogP contribution in [-0.2, 0) is 14.9 Å². The minimum Gasteiger partial charge on any atom is -0.481 e. The topological polar surface area (TPSA) is 75.6 Å². The standard InChI is InChI=1S/C16H20FNO4/c1-15(2,3)22-14(21)18-12-6-5-10(17)9-11(12)16(13(19)20)7-4-8-16/h5-6,9H,4,7-8H2,1-3H3,(H,18,21)(H,19,20). The van der Waals surface area contributed by atoms with Crippen molar-refractivity contribution in [2.75, 3.05) is 5.32 Å². The van der Waals surface area contributed by atoms with Gasteiger partial charge in [0.25, 0.3) is 0 Å². The first-order valence-corrected chi connectivity index (χ1v) is 7.17. The second kappa shape index (κ2) is 5.59. The third-order valence-corrected chi connectivity index (χ3v) is 3.75. The van der Waals surface area contributed by atoms with Gasteiger partial charge >= 0.3 is 12.1 Å². The third-order valence-electron chi connectivity index (χ3n) is 3.75. The normalized spacial score (nSPS) is 16.5. The van der Waals surface area contributed by atoms with Crippen LogP contribution in [0, 0.1) is 5.82 Å². The predicted octanol–water partition coefficient (Wildman–Crippen LogP) is 3.68. The van der Waals surface area contributed by atoms with Gasteiger partial charge < -0.3 is 9.84 Å². The lowest BCUT2D eigenvalue weighted by atomic mass is 9.64. The minimum absolute atomic E-state index is 0.276. The van der Waals surface area contributed by atoms with E-state index in [1.165, 1.54) is 18.2 Å². The summed E-state index contributed by atoms with van der Waals surface area (Å²) in [5.74, 6) is -1.53. The number of ether oxygens (including phenoxy) is 1. The lowest BCUT2D eigenvalue weighted by molar-refractivity contribution is -0.147. The summed E-state index contributed by atoms with van der Waals surface area (Å²) in [6, 6.07) is 3.74. The molecule has 0 spiro atoms. The highest BCUT2D eigenvalue weighted by Crippen LogP contribution is 2.47. The SMILES string of the molecule is CC(C)(C)OC(=O)Nc1ccc(F)cc1C1(C(=O)O)CCC1. The molecule has 0 heterocycles. The number of hydrogen-bond donors (Lipinski definition) is 2. The van der Waals surface area contributed by atoms with Crippen molar-refractivity contribution in [3.05, 3.63) is 29.6 Å². The van der Waals surface area contributed by atoms with Gasteiger partial charge in [0.05, 0.1) is 5.41 Å². The van der Waals surface area contributed by atoms with Gasteiger partial charge in [-0.05, 0) is 57.4 Å². The van der Waals surface area contributed by atoms with Crippen LogP contribution in [0.3, 0.4) is 0 Å². The molecule has 2 rings (SSSR count). The Kier molecular flexibility index (Phi) is 4.13. The summed E-state index contributed by atoms with van der Waals surface area (Å²) in [6.45, 7) is 5.18. The number of carboxylic acid groups (broad SMARTS) is 1. The smallest absolute Gasteiger partial charge is 0.412 e. The fraction of sp³-hybridized carbons (Fsp3) is 0.500. The van der Waals surface area contributed by atoms with Crippen LogP contribution < -0.4 is 5.32 Å². The molecule has 0 aliphatic heterocycles. The fourth-order valence-electron chi connectivity index (χ4n) is 2.56. The van der Waals surface area contributed by atoms with E-state index < -0.39 is 28.9 Å². The maximum atomic E-state index is 13.6. The summed E-state index contributed by atoms with van der Waals surface area (Å²) in [4.78, 5) is 23.5. The molecule has 0 aromatic heterocycles. The molecule has 6 heteroatoms. The molecule has 0 radical (unpaired) electrons. The van der Waals surface area contributed by atoms with Crippen LogP contribution in [0.2, 0.25) is 0 Å². The Bertz CT molecular complexity index is 603. The summed E-state index contributed by atoms with van der Waals surface area (Å²) in [5.41, 5.74) is -1.24. The van der Waals surface area contributed by atoms with Gasteiger partial charge in [-0.1, -0.05) is 6.42 Å². The number of carboxylic acids is 1. The van der Waals surface area contributed by atoms with Crippen LogP contribution in [0.5, 0.6) is 0 Å². The van der Waals surface area contributed by atoms with Crippen LogP contribution in [0.25, 0.3) is 0 Å². The first-order chi connectivity index (χ1) is 10.1. The zero-order chi connectivity index (χ0) is 16.5. The number of anilines is 1. The van der Waals surface area contributed by atoms with Gasteiger partial charge in [-0.3, -0.25) is 10.1 Å². The maximum Gasteiger partial charge on any atom is 0.412 e. The molecule has 1 aromatic rings. The van der Waals surface area contributed by atoms with Crippen LogP contribution in [0.1, 0.15) is 45.6 Å². The van der Waals surface area contributed by atoms with Gasteiger partial charge in [-0.15, -0.1) is 0 Å². The monoisotopic (exact) mass is 309 g/mol. The number of amides is 1. The number of carbonyl (C=O) groups is 2. The molecule has 1 fully saturated rings. The maximum absolute atomic E-state index is 13.6. The molecule has 1 aliphatic rings. The van der Waals surface area contributed by atoms with Gasteiger partial charge in [0.1, 0.15) is 11.4 Å². The van der Waals surface area contributed by atoms with E-state index in [2.05, 4.69) is 5.32 Å². The molecule has 22 heavy (non-hydrogen) atoms. The lowest BCUT2D eigenvalue weighted by Crippen LogP contribution is -2.43. The van der Waals surface area contributed by atoms with Gasteiger partial charge in [0, 0.05) is 5.69 Å². The Morgan fingerprint density at radius 3 is 2.41 bits per heavy atom. The summed E-state index contributed by atoms with van der Waals surface area (Å²) < 4.78 is 18.7. The number of hydrogen-bond acceptors (Lipinski definition) is 3. The number of halogens is 1. The Hall–Kier alpha value is -2.11. The van der Waals surface area contributed by atoms with E-state index >= 15 is 0 Å². The molecule has 0 bridgehead atoms. The highest BCUT2D eigenvalue weighted by molar-refractivity contribution is 5.90. The van der Waals surface area contributed by atoms with Crippen LogP contribution in [0.4, 0.5) is 14.9 Å². The molecular formula is C16H20FNO4. The van der Waals surface area contributed by atoms with Crippen LogP contribution in [0.15, 0.2) is 18.2 Å². The first kappa shape index (κ1) is 16.3. The summed E-state index contributed by atoms with van der Waals surface area (Å²) in [6.07, 6.45) is 0.915. The molecule has 120 valence electrons. The van der Waals surface area contributed by atoms with Crippen molar-refractivity contribution in [1.82, 2.24) is 0 Å². The molecule has 1 saturated carbocycles. The Balaban J connectivity index is 2.33. The number of carbonyl (C=O) groups excluding carboxylic acids is 1. The van der Waals surface area contributed by atoms with E-state index in [4.69, 9.17) is 4.74 Å².